The summed E-state index contributed by atoms with van der Waals surface area (Å²) < 4.78 is 22.5. The van der Waals surface area contributed by atoms with Crippen LogP contribution in [-0.4, -0.2) is 27.8 Å². The van der Waals surface area contributed by atoms with Crippen LogP contribution in [0.3, 0.4) is 0 Å². The summed E-state index contributed by atoms with van der Waals surface area (Å²) in [6.45, 7) is 1.67. The molecule has 0 atom stereocenters. The van der Waals surface area contributed by atoms with Gasteiger partial charge < -0.3 is 11.1 Å². The molecule has 1 aromatic rings. The molecular formula is C13H22N2O2S. The van der Waals surface area contributed by atoms with Crippen molar-refractivity contribution < 1.29 is 8.42 Å². The minimum Gasteiger partial charge on any atom is -0.385 e. The van der Waals surface area contributed by atoms with E-state index in [9.17, 15) is 8.42 Å². The summed E-state index contributed by atoms with van der Waals surface area (Å²) in [7, 11) is -3.09. The lowest BCUT2D eigenvalue weighted by molar-refractivity contribution is 0.602. The van der Waals surface area contributed by atoms with Crippen LogP contribution in [0.4, 0.5) is 5.69 Å². The van der Waals surface area contributed by atoms with Crippen LogP contribution in [-0.2, 0) is 9.84 Å². The minimum absolute atomic E-state index is 0.357. The number of sulfone groups is 1. The van der Waals surface area contributed by atoms with Crippen LogP contribution in [0.25, 0.3) is 0 Å². The van der Waals surface area contributed by atoms with Crippen molar-refractivity contribution in [2.24, 2.45) is 5.73 Å². The molecule has 0 spiro atoms. The summed E-state index contributed by atoms with van der Waals surface area (Å²) >= 11 is 0. The van der Waals surface area contributed by atoms with Gasteiger partial charge in [-0.3, -0.25) is 0 Å². The fourth-order valence-corrected chi connectivity index (χ4v) is 2.31. The van der Waals surface area contributed by atoms with Gasteiger partial charge in [0.25, 0.3) is 0 Å². The Morgan fingerprint density at radius 3 is 2.22 bits per heavy atom. The lowest BCUT2D eigenvalue weighted by Gasteiger charge is -2.07. The zero-order chi connectivity index (χ0) is 13.4. The second kappa shape index (κ2) is 7.38. The van der Waals surface area contributed by atoms with Gasteiger partial charge >= 0.3 is 0 Å². The van der Waals surface area contributed by atoms with Crippen LogP contribution in [0.15, 0.2) is 29.2 Å². The van der Waals surface area contributed by atoms with Gasteiger partial charge in [-0.1, -0.05) is 12.8 Å². The van der Waals surface area contributed by atoms with Gasteiger partial charge in [-0.05, 0) is 43.7 Å². The number of anilines is 1. The first-order valence-corrected chi connectivity index (χ1v) is 8.17. The van der Waals surface area contributed by atoms with Gasteiger partial charge in [0.1, 0.15) is 0 Å². The molecule has 0 saturated heterocycles. The molecule has 0 amide bonds. The maximum Gasteiger partial charge on any atom is 0.175 e. The first kappa shape index (κ1) is 15.0. The molecule has 0 aliphatic rings. The molecule has 0 radical (unpaired) electrons. The molecule has 18 heavy (non-hydrogen) atoms. The van der Waals surface area contributed by atoms with E-state index in [0.29, 0.717) is 4.90 Å². The number of rotatable bonds is 8. The van der Waals surface area contributed by atoms with Crippen LogP contribution < -0.4 is 11.1 Å². The van der Waals surface area contributed by atoms with Crippen LogP contribution in [0, 0.1) is 0 Å². The van der Waals surface area contributed by atoms with E-state index in [2.05, 4.69) is 5.32 Å². The van der Waals surface area contributed by atoms with Crippen LogP contribution in [0.2, 0.25) is 0 Å². The molecule has 1 rings (SSSR count). The van der Waals surface area contributed by atoms with Gasteiger partial charge in [-0.15, -0.1) is 0 Å². The van der Waals surface area contributed by atoms with E-state index < -0.39 is 9.84 Å². The Morgan fingerprint density at radius 2 is 1.67 bits per heavy atom. The molecule has 0 bridgehead atoms. The highest BCUT2D eigenvalue weighted by Crippen LogP contribution is 2.14. The van der Waals surface area contributed by atoms with Crippen molar-refractivity contribution >= 4 is 15.5 Å². The van der Waals surface area contributed by atoms with E-state index in [1.807, 2.05) is 0 Å². The van der Waals surface area contributed by atoms with Crippen LogP contribution in [0.1, 0.15) is 25.7 Å². The maximum absolute atomic E-state index is 11.3. The van der Waals surface area contributed by atoms with Gasteiger partial charge in [0, 0.05) is 18.5 Å². The predicted molar refractivity (Wildman–Crippen MR) is 75.6 cm³/mol. The molecule has 5 heteroatoms. The number of nitrogens with two attached hydrogens (primary N) is 1. The summed E-state index contributed by atoms with van der Waals surface area (Å²) in [6.07, 6.45) is 5.75. The van der Waals surface area contributed by atoms with Gasteiger partial charge in [0.05, 0.1) is 4.90 Å². The van der Waals surface area contributed by atoms with Crippen LogP contribution >= 0.6 is 0 Å². The number of hydrogen-bond donors (Lipinski definition) is 2. The number of hydrogen-bond acceptors (Lipinski definition) is 4. The quantitative estimate of drug-likeness (QED) is 0.709. The zero-order valence-electron chi connectivity index (χ0n) is 10.9. The maximum atomic E-state index is 11.3. The smallest absolute Gasteiger partial charge is 0.175 e. The van der Waals surface area contributed by atoms with Gasteiger partial charge in [-0.25, -0.2) is 8.42 Å². The molecular weight excluding hydrogens is 248 g/mol. The highest BCUT2D eigenvalue weighted by molar-refractivity contribution is 7.90. The molecule has 0 heterocycles. The van der Waals surface area contributed by atoms with Crippen molar-refractivity contribution in [3.63, 3.8) is 0 Å². The van der Waals surface area contributed by atoms with E-state index in [-0.39, 0.29) is 0 Å². The first-order valence-electron chi connectivity index (χ1n) is 6.28. The fraction of sp³-hybridized carbons (Fsp3) is 0.538. The molecule has 0 aliphatic carbocycles. The van der Waals surface area contributed by atoms with Gasteiger partial charge in [0.15, 0.2) is 9.84 Å². The molecule has 0 aromatic heterocycles. The summed E-state index contributed by atoms with van der Waals surface area (Å²) in [5, 5.41) is 3.27. The fourth-order valence-electron chi connectivity index (χ4n) is 1.68. The predicted octanol–water partition coefficient (Wildman–Crippen LogP) is 2.02. The Morgan fingerprint density at radius 1 is 1.06 bits per heavy atom. The average molecular weight is 270 g/mol. The van der Waals surface area contributed by atoms with Crippen molar-refractivity contribution in [1.29, 1.82) is 0 Å². The summed E-state index contributed by atoms with van der Waals surface area (Å²) in [6, 6.07) is 6.87. The highest BCUT2D eigenvalue weighted by Gasteiger charge is 2.05. The SMILES string of the molecule is CS(=O)(=O)c1ccc(NCCCCCCN)cc1. The number of benzene rings is 1. The number of unbranched alkanes of at least 4 members (excludes halogenated alkanes) is 3. The standard InChI is InChI=1S/C13H22N2O2S/c1-18(16,17)13-8-6-12(7-9-13)15-11-5-3-2-4-10-14/h6-9,15H,2-5,10-11,14H2,1H3. The Kier molecular flexibility index (Phi) is 6.15. The monoisotopic (exact) mass is 270 g/mol. The zero-order valence-corrected chi connectivity index (χ0v) is 11.7. The Labute approximate surface area is 110 Å². The number of nitrogens with one attached hydrogen (secondary N) is 1. The van der Waals surface area contributed by atoms with E-state index in [4.69, 9.17) is 5.73 Å². The topological polar surface area (TPSA) is 72.2 Å². The van der Waals surface area contributed by atoms with Gasteiger partial charge in [0.2, 0.25) is 0 Å². The van der Waals surface area contributed by atoms with Crippen molar-refractivity contribution in [2.75, 3.05) is 24.7 Å². The second-order valence-electron chi connectivity index (χ2n) is 4.43. The lowest BCUT2D eigenvalue weighted by atomic mass is 10.2. The highest BCUT2D eigenvalue weighted by atomic mass is 32.2. The third-order valence-electron chi connectivity index (χ3n) is 2.74. The lowest BCUT2D eigenvalue weighted by Crippen LogP contribution is -2.03. The van der Waals surface area contributed by atoms with Crippen molar-refractivity contribution in [2.45, 2.75) is 30.6 Å². The van der Waals surface area contributed by atoms with E-state index in [1.54, 1.807) is 24.3 Å². The normalized spacial score (nSPS) is 11.4. The summed E-state index contributed by atoms with van der Waals surface area (Å²) in [5.41, 5.74) is 6.38. The van der Waals surface area contributed by atoms with Crippen LogP contribution in [0.5, 0.6) is 0 Å². The second-order valence-corrected chi connectivity index (χ2v) is 6.44. The molecule has 1 aromatic carbocycles. The Bertz CT molecular complexity index is 441. The minimum atomic E-state index is -3.09. The third kappa shape index (κ3) is 5.51. The molecule has 0 fully saturated rings. The largest absolute Gasteiger partial charge is 0.385 e. The molecule has 4 nitrogen and oxygen atoms in total. The molecule has 0 unspecified atom stereocenters. The molecule has 3 N–H and O–H groups in total. The first-order chi connectivity index (χ1) is 8.54. The van der Waals surface area contributed by atoms with E-state index >= 15 is 0 Å². The molecule has 102 valence electrons. The van der Waals surface area contributed by atoms with E-state index in [0.717, 1.165) is 31.6 Å². The van der Waals surface area contributed by atoms with E-state index in [1.165, 1.54) is 19.1 Å². The van der Waals surface area contributed by atoms with Crippen molar-refractivity contribution in [3.8, 4) is 0 Å². The molecule has 0 saturated carbocycles. The molecule has 0 aliphatic heterocycles. The van der Waals surface area contributed by atoms with Crippen molar-refractivity contribution in [1.82, 2.24) is 0 Å². The average Bonchev–Trinajstić information content (AvgIpc) is 2.33. The van der Waals surface area contributed by atoms with Gasteiger partial charge in [-0.2, -0.15) is 0 Å². The Balaban J connectivity index is 2.32. The third-order valence-corrected chi connectivity index (χ3v) is 3.87. The van der Waals surface area contributed by atoms with Crippen molar-refractivity contribution in [3.05, 3.63) is 24.3 Å². The summed E-state index contributed by atoms with van der Waals surface area (Å²) in [5.74, 6) is 0. The summed E-state index contributed by atoms with van der Waals surface area (Å²) in [4.78, 5) is 0.357. The Hall–Kier alpha value is -1.07.